The van der Waals surface area contributed by atoms with Crippen molar-refractivity contribution in [3.63, 3.8) is 0 Å². The highest BCUT2D eigenvalue weighted by Crippen LogP contribution is 2.39. The van der Waals surface area contributed by atoms with Crippen molar-refractivity contribution in [2.24, 2.45) is 10.7 Å². The van der Waals surface area contributed by atoms with Gasteiger partial charge in [-0.05, 0) is 26.2 Å². The summed E-state index contributed by atoms with van der Waals surface area (Å²) in [4.78, 5) is 17.7. The van der Waals surface area contributed by atoms with Crippen LogP contribution in [0.3, 0.4) is 0 Å². The third kappa shape index (κ3) is 2.31. The minimum absolute atomic E-state index is 0.122. The van der Waals surface area contributed by atoms with Crippen molar-refractivity contribution in [3.8, 4) is 0 Å². The summed E-state index contributed by atoms with van der Waals surface area (Å²) in [6.07, 6.45) is 7.99. The van der Waals surface area contributed by atoms with Gasteiger partial charge in [-0.1, -0.05) is 32.6 Å². The smallest absolute Gasteiger partial charge is 0.346 e. The standard InChI is InChI=1S/C13H23N3O/c1-3-4-5-6-9-13(2)11(14)15-12(17)16(13)10-7-8-10/h10H,3-9H2,1-2H3,(H2,14,15,17). The predicted octanol–water partition coefficient (Wildman–Crippen LogP) is 2.67. The quantitative estimate of drug-likeness (QED) is 0.722. The van der Waals surface area contributed by atoms with Crippen LogP contribution in [0.2, 0.25) is 0 Å². The second-order valence-corrected chi connectivity index (χ2v) is 5.47. The maximum atomic E-state index is 11.8. The first-order valence-electron chi connectivity index (χ1n) is 6.77. The number of nitrogens with two attached hydrogens (primary N) is 1. The molecule has 0 saturated heterocycles. The normalized spacial score (nSPS) is 28.7. The Kier molecular flexibility index (Phi) is 3.40. The van der Waals surface area contributed by atoms with Gasteiger partial charge in [-0.25, -0.2) is 4.79 Å². The molecule has 1 atom stereocenters. The van der Waals surface area contributed by atoms with Crippen LogP contribution < -0.4 is 5.73 Å². The second-order valence-electron chi connectivity index (χ2n) is 5.47. The molecule has 1 unspecified atom stereocenters. The summed E-state index contributed by atoms with van der Waals surface area (Å²) >= 11 is 0. The number of amidine groups is 1. The molecule has 1 saturated carbocycles. The van der Waals surface area contributed by atoms with E-state index in [0.29, 0.717) is 11.9 Å². The number of hydrogen-bond acceptors (Lipinski definition) is 2. The van der Waals surface area contributed by atoms with Crippen molar-refractivity contribution in [2.75, 3.05) is 0 Å². The van der Waals surface area contributed by atoms with Crippen LogP contribution in [0, 0.1) is 0 Å². The Morgan fingerprint density at radius 1 is 1.41 bits per heavy atom. The molecule has 17 heavy (non-hydrogen) atoms. The van der Waals surface area contributed by atoms with Gasteiger partial charge < -0.3 is 10.6 Å². The number of carbonyl (C=O) groups is 1. The molecule has 1 aliphatic heterocycles. The molecule has 0 aromatic heterocycles. The summed E-state index contributed by atoms with van der Waals surface area (Å²) in [5.41, 5.74) is 5.65. The second kappa shape index (κ2) is 4.67. The van der Waals surface area contributed by atoms with E-state index < -0.39 is 0 Å². The maximum absolute atomic E-state index is 11.8. The van der Waals surface area contributed by atoms with Gasteiger partial charge in [-0.2, -0.15) is 4.99 Å². The lowest BCUT2D eigenvalue weighted by Crippen LogP contribution is -2.52. The van der Waals surface area contributed by atoms with Crippen molar-refractivity contribution < 1.29 is 4.79 Å². The maximum Gasteiger partial charge on any atom is 0.346 e. The van der Waals surface area contributed by atoms with E-state index in [1.165, 1.54) is 19.3 Å². The number of aliphatic imine (C=N–C) groups is 1. The van der Waals surface area contributed by atoms with Crippen molar-refractivity contribution in [3.05, 3.63) is 0 Å². The topological polar surface area (TPSA) is 58.7 Å². The number of carbonyl (C=O) groups excluding carboxylic acids is 1. The molecular formula is C13H23N3O. The van der Waals surface area contributed by atoms with Crippen LogP contribution in [0.1, 0.15) is 58.8 Å². The van der Waals surface area contributed by atoms with E-state index in [4.69, 9.17) is 5.73 Å². The lowest BCUT2D eigenvalue weighted by molar-refractivity contribution is 0.166. The fraction of sp³-hybridized carbons (Fsp3) is 0.846. The molecule has 2 N–H and O–H groups in total. The van der Waals surface area contributed by atoms with Crippen LogP contribution >= 0.6 is 0 Å². The molecule has 0 radical (unpaired) electrons. The van der Waals surface area contributed by atoms with Crippen molar-refractivity contribution in [1.82, 2.24) is 4.90 Å². The Hall–Kier alpha value is -1.06. The lowest BCUT2D eigenvalue weighted by Gasteiger charge is -2.35. The van der Waals surface area contributed by atoms with Gasteiger partial charge in [0.05, 0.1) is 5.54 Å². The Balaban J connectivity index is 1.99. The minimum Gasteiger partial charge on any atom is -0.385 e. The summed E-state index contributed by atoms with van der Waals surface area (Å²) in [7, 11) is 0. The Morgan fingerprint density at radius 2 is 2.12 bits per heavy atom. The number of amides is 2. The van der Waals surface area contributed by atoms with E-state index in [9.17, 15) is 4.79 Å². The summed E-state index contributed by atoms with van der Waals surface area (Å²) < 4.78 is 0. The summed E-state index contributed by atoms with van der Waals surface area (Å²) in [6.45, 7) is 4.27. The van der Waals surface area contributed by atoms with Crippen LogP contribution in [0.5, 0.6) is 0 Å². The summed E-state index contributed by atoms with van der Waals surface area (Å²) in [6, 6.07) is 0.270. The van der Waals surface area contributed by atoms with Crippen molar-refractivity contribution >= 4 is 11.9 Å². The van der Waals surface area contributed by atoms with E-state index in [-0.39, 0.29) is 11.6 Å². The van der Waals surface area contributed by atoms with Gasteiger partial charge in [0.25, 0.3) is 0 Å². The summed E-state index contributed by atoms with van der Waals surface area (Å²) in [5.74, 6) is 0.519. The number of unbranched alkanes of at least 4 members (excludes halogenated alkanes) is 3. The number of hydrogen-bond donors (Lipinski definition) is 1. The molecule has 2 amide bonds. The van der Waals surface area contributed by atoms with Crippen LogP contribution in [0.25, 0.3) is 0 Å². The first-order chi connectivity index (χ1) is 8.09. The van der Waals surface area contributed by atoms with Gasteiger partial charge in [0.1, 0.15) is 5.84 Å². The SMILES string of the molecule is CCCCCCC1(C)C(N)=NC(=O)N1C1CC1. The van der Waals surface area contributed by atoms with Gasteiger partial charge in [0, 0.05) is 6.04 Å². The van der Waals surface area contributed by atoms with Crippen LogP contribution in [-0.2, 0) is 0 Å². The third-order valence-electron chi connectivity index (χ3n) is 3.93. The van der Waals surface area contributed by atoms with Gasteiger partial charge in [-0.3, -0.25) is 0 Å². The Labute approximate surface area is 103 Å². The molecule has 4 nitrogen and oxygen atoms in total. The zero-order chi connectivity index (χ0) is 12.5. The van der Waals surface area contributed by atoms with Gasteiger partial charge in [0.15, 0.2) is 0 Å². The monoisotopic (exact) mass is 237 g/mol. The zero-order valence-corrected chi connectivity index (χ0v) is 10.9. The molecule has 4 heteroatoms. The van der Waals surface area contributed by atoms with Gasteiger partial charge in [-0.15, -0.1) is 0 Å². The third-order valence-corrected chi connectivity index (χ3v) is 3.93. The van der Waals surface area contributed by atoms with Crippen LogP contribution in [0.15, 0.2) is 4.99 Å². The van der Waals surface area contributed by atoms with Crippen LogP contribution in [-0.4, -0.2) is 28.3 Å². The van der Waals surface area contributed by atoms with E-state index in [1.807, 2.05) is 4.90 Å². The molecular weight excluding hydrogens is 214 g/mol. The average molecular weight is 237 g/mol. The summed E-state index contributed by atoms with van der Waals surface area (Å²) in [5, 5.41) is 0. The van der Waals surface area contributed by atoms with Gasteiger partial charge in [0.2, 0.25) is 0 Å². The highest BCUT2D eigenvalue weighted by molar-refractivity contribution is 6.05. The van der Waals surface area contributed by atoms with Crippen molar-refractivity contribution in [2.45, 2.75) is 70.4 Å². The molecule has 0 aromatic rings. The Bertz CT molecular complexity index is 336. The minimum atomic E-state index is -0.314. The highest BCUT2D eigenvalue weighted by atomic mass is 16.2. The Morgan fingerprint density at radius 3 is 2.71 bits per heavy atom. The predicted molar refractivity (Wildman–Crippen MR) is 69.0 cm³/mol. The van der Waals surface area contributed by atoms with Crippen molar-refractivity contribution in [1.29, 1.82) is 0 Å². The lowest BCUT2D eigenvalue weighted by atomic mass is 9.91. The first kappa shape index (κ1) is 12.4. The molecule has 2 rings (SSSR count). The van der Waals surface area contributed by atoms with Gasteiger partial charge >= 0.3 is 6.03 Å². The van der Waals surface area contributed by atoms with E-state index in [1.54, 1.807) is 0 Å². The largest absolute Gasteiger partial charge is 0.385 e. The molecule has 1 heterocycles. The molecule has 1 aliphatic carbocycles. The first-order valence-corrected chi connectivity index (χ1v) is 6.77. The fourth-order valence-corrected chi connectivity index (χ4v) is 2.65. The average Bonchev–Trinajstić information content (AvgIpc) is 3.05. The number of nitrogens with zero attached hydrogens (tertiary/aromatic N) is 2. The zero-order valence-electron chi connectivity index (χ0n) is 10.9. The van der Waals surface area contributed by atoms with E-state index in [0.717, 1.165) is 25.7 Å². The molecule has 0 spiro atoms. The molecule has 2 aliphatic rings. The van der Waals surface area contributed by atoms with Crippen LogP contribution in [0.4, 0.5) is 4.79 Å². The number of rotatable bonds is 6. The molecule has 96 valence electrons. The molecule has 0 aromatic carbocycles. The molecule has 1 fully saturated rings. The highest BCUT2D eigenvalue weighted by Gasteiger charge is 2.50. The molecule has 0 bridgehead atoms. The van der Waals surface area contributed by atoms with E-state index >= 15 is 0 Å². The fourth-order valence-electron chi connectivity index (χ4n) is 2.65. The number of urea groups is 1. The van der Waals surface area contributed by atoms with E-state index in [2.05, 4.69) is 18.8 Å².